The van der Waals surface area contributed by atoms with Crippen molar-refractivity contribution in [3.05, 3.63) is 22.4 Å². The summed E-state index contributed by atoms with van der Waals surface area (Å²) in [5, 5.41) is 4.09. The molecule has 0 aliphatic heterocycles. The van der Waals surface area contributed by atoms with Crippen LogP contribution in [0.2, 0.25) is 0 Å². The van der Waals surface area contributed by atoms with Crippen molar-refractivity contribution in [2.45, 2.75) is 37.5 Å². The quantitative estimate of drug-likeness (QED) is 0.798. The largest absolute Gasteiger partial charge is 0.369 e. The number of amides is 1. The second-order valence-corrected chi connectivity index (χ2v) is 4.80. The van der Waals surface area contributed by atoms with Crippen molar-refractivity contribution in [2.75, 3.05) is 0 Å². The Balaban J connectivity index is 2.35. The summed E-state index contributed by atoms with van der Waals surface area (Å²) in [5.41, 5.74) is 6.34. The normalized spacial score (nSPS) is 20.6. The van der Waals surface area contributed by atoms with E-state index in [4.69, 9.17) is 5.73 Å². The molecule has 0 radical (unpaired) electrons. The average molecular weight is 209 g/mol. The Kier molecular flexibility index (Phi) is 2.59. The van der Waals surface area contributed by atoms with Gasteiger partial charge in [0.05, 0.1) is 5.41 Å². The van der Waals surface area contributed by atoms with Crippen LogP contribution >= 0.6 is 11.3 Å². The van der Waals surface area contributed by atoms with E-state index in [1.54, 1.807) is 11.3 Å². The molecule has 2 N–H and O–H groups in total. The molecule has 14 heavy (non-hydrogen) atoms. The molecule has 0 spiro atoms. The van der Waals surface area contributed by atoms with Crippen LogP contribution in [0.5, 0.6) is 0 Å². The zero-order valence-corrected chi connectivity index (χ0v) is 8.98. The van der Waals surface area contributed by atoms with Crippen molar-refractivity contribution in [2.24, 2.45) is 5.73 Å². The fourth-order valence-corrected chi connectivity index (χ4v) is 3.12. The van der Waals surface area contributed by atoms with Crippen LogP contribution in [-0.2, 0) is 10.2 Å². The lowest BCUT2D eigenvalue weighted by Crippen LogP contribution is -2.42. The van der Waals surface area contributed by atoms with E-state index < -0.39 is 0 Å². The zero-order valence-electron chi connectivity index (χ0n) is 8.16. The third-order valence-electron chi connectivity index (χ3n) is 3.25. The topological polar surface area (TPSA) is 43.1 Å². The number of carbonyl (C=O) groups is 1. The van der Waals surface area contributed by atoms with Crippen molar-refractivity contribution >= 4 is 17.2 Å². The maximum absolute atomic E-state index is 11.6. The molecule has 2 rings (SSSR count). The number of primary amides is 1. The average Bonchev–Trinajstić information content (AvgIpc) is 2.72. The number of hydrogen-bond donors (Lipinski definition) is 1. The summed E-state index contributed by atoms with van der Waals surface area (Å²) in [7, 11) is 0. The van der Waals surface area contributed by atoms with Crippen LogP contribution in [0.15, 0.2) is 16.8 Å². The van der Waals surface area contributed by atoms with E-state index in [1.807, 2.05) is 11.4 Å². The van der Waals surface area contributed by atoms with Crippen LogP contribution in [0.25, 0.3) is 0 Å². The predicted molar refractivity (Wildman–Crippen MR) is 58.3 cm³/mol. The Hall–Kier alpha value is -0.830. The van der Waals surface area contributed by atoms with Crippen molar-refractivity contribution in [3.8, 4) is 0 Å². The van der Waals surface area contributed by atoms with Gasteiger partial charge in [-0.3, -0.25) is 4.79 Å². The second kappa shape index (κ2) is 3.73. The summed E-state index contributed by atoms with van der Waals surface area (Å²) < 4.78 is 0. The Labute approximate surface area is 88.1 Å². The fourth-order valence-electron chi connectivity index (χ4n) is 2.37. The predicted octanol–water partition coefficient (Wildman–Crippen LogP) is 2.44. The molecule has 2 nitrogen and oxygen atoms in total. The molecule has 0 atom stereocenters. The molecule has 0 saturated heterocycles. The molecule has 0 bridgehead atoms. The van der Waals surface area contributed by atoms with E-state index in [0.29, 0.717) is 0 Å². The van der Waals surface area contributed by atoms with Gasteiger partial charge in [0.25, 0.3) is 0 Å². The highest BCUT2D eigenvalue weighted by atomic mass is 32.1. The Morgan fingerprint density at radius 3 is 2.57 bits per heavy atom. The van der Waals surface area contributed by atoms with Gasteiger partial charge in [0.2, 0.25) is 5.91 Å². The molecule has 1 saturated carbocycles. The lowest BCUT2D eigenvalue weighted by atomic mass is 9.70. The number of rotatable bonds is 2. The minimum atomic E-state index is -0.349. The van der Waals surface area contributed by atoms with Gasteiger partial charge in [-0.2, -0.15) is 11.3 Å². The van der Waals surface area contributed by atoms with E-state index in [2.05, 4.69) is 5.38 Å². The molecular formula is C11H15NOS. The standard InChI is InChI=1S/C11H15NOS/c12-10(13)11(5-2-1-3-6-11)9-4-7-14-8-9/h4,7-8H,1-3,5-6H2,(H2,12,13). The Bertz CT molecular complexity index is 312. The summed E-state index contributed by atoms with van der Waals surface area (Å²) in [6.07, 6.45) is 5.34. The molecule has 1 aliphatic rings. The number of carbonyl (C=O) groups excluding carboxylic acids is 1. The first-order valence-electron chi connectivity index (χ1n) is 5.08. The van der Waals surface area contributed by atoms with Gasteiger partial charge in [-0.05, 0) is 35.2 Å². The molecule has 1 heterocycles. The summed E-state index contributed by atoms with van der Waals surface area (Å²) in [6, 6.07) is 2.04. The molecule has 3 heteroatoms. The molecule has 0 aromatic carbocycles. The van der Waals surface area contributed by atoms with Gasteiger partial charge in [-0.1, -0.05) is 19.3 Å². The minimum absolute atomic E-state index is 0.143. The highest BCUT2D eigenvalue weighted by Gasteiger charge is 2.39. The molecule has 1 fully saturated rings. The van der Waals surface area contributed by atoms with Crippen LogP contribution in [0.4, 0.5) is 0 Å². The van der Waals surface area contributed by atoms with Crippen LogP contribution in [-0.4, -0.2) is 5.91 Å². The van der Waals surface area contributed by atoms with Gasteiger partial charge in [-0.15, -0.1) is 0 Å². The van der Waals surface area contributed by atoms with E-state index in [1.165, 1.54) is 6.42 Å². The van der Waals surface area contributed by atoms with Gasteiger partial charge in [0, 0.05) is 0 Å². The SMILES string of the molecule is NC(=O)C1(c2ccsc2)CCCCC1. The smallest absolute Gasteiger partial charge is 0.228 e. The van der Waals surface area contributed by atoms with Gasteiger partial charge < -0.3 is 5.73 Å². The van der Waals surface area contributed by atoms with Crippen molar-refractivity contribution in [1.82, 2.24) is 0 Å². The zero-order chi connectivity index (χ0) is 10.0. The molecule has 1 amide bonds. The molecule has 1 aliphatic carbocycles. The van der Waals surface area contributed by atoms with Crippen molar-refractivity contribution in [3.63, 3.8) is 0 Å². The van der Waals surface area contributed by atoms with Crippen LogP contribution in [0.1, 0.15) is 37.7 Å². The summed E-state index contributed by atoms with van der Waals surface area (Å²) >= 11 is 1.64. The molecule has 1 aromatic rings. The number of hydrogen-bond acceptors (Lipinski definition) is 2. The molecule has 1 aromatic heterocycles. The monoisotopic (exact) mass is 209 g/mol. The Morgan fingerprint density at radius 1 is 1.36 bits per heavy atom. The van der Waals surface area contributed by atoms with E-state index in [9.17, 15) is 4.79 Å². The maximum Gasteiger partial charge on any atom is 0.228 e. The lowest BCUT2D eigenvalue weighted by molar-refractivity contribution is -0.124. The fraction of sp³-hybridized carbons (Fsp3) is 0.545. The van der Waals surface area contributed by atoms with Crippen molar-refractivity contribution in [1.29, 1.82) is 0 Å². The van der Waals surface area contributed by atoms with Crippen molar-refractivity contribution < 1.29 is 4.79 Å². The lowest BCUT2D eigenvalue weighted by Gasteiger charge is -2.33. The van der Waals surface area contributed by atoms with Gasteiger partial charge >= 0.3 is 0 Å². The Morgan fingerprint density at radius 2 is 2.07 bits per heavy atom. The molecule has 0 unspecified atom stereocenters. The first-order valence-corrected chi connectivity index (χ1v) is 6.02. The highest BCUT2D eigenvalue weighted by Crippen LogP contribution is 2.39. The first-order chi connectivity index (χ1) is 6.76. The van der Waals surface area contributed by atoms with Crippen LogP contribution in [0.3, 0.4) is 0 Å². The number of thiophene rings is 1. The third-order valence-corrected chi connectivity index (χ3v) is 3.94. The minimum Gasteiger partial charge on any atom is -0.369 e. The van der Waals surface area contributed by atoms with Gasteiger partial charge in [0.15, 0.2) is 0 Å². The third kappa shape index (κ3) is 1.46. The summed E-state index contributed by atoms with van der Waals surface area (Å²) in [4.78, 5) is 11.6. The van der Waals surface area contributed by atoms with E-state index in [-0.39, 0.29) is 11.3 Å². The van der Waals surface area contributed by atoms with E-state index in [0.717, 1.165) is 31.2 Å². The van der Waals surface area contributed by atoms with Crippen LogP contribution in [0, 0.1) is 0 Å². The second-order valence-electron chi connectivity index (χ2n) is 4.02. The summed E-state index contributed by atoms with van der Waals surface area (Å²) in [6.45, 7) is 0. The molecular weight excluding hydrogens is 194 g/mol. The maximum atomic E-state index is 11.6. The first kappa shape index (κ1) is 9.71. The van der Waals surface area contributed by atoms with Crippen LogP contribution < -0.4 is 5.73 Å². The highest BCUT2D eigenvalue weighted by molar-refractivity contribution is 7.08. The van der Waals surface area contributed by atoms with Gasteiger partial charge in [0.1, 0.15) is 0 Å². The summed E-state index contributed by atoms with van der Waals surface area (Å²) in [5.74, 6) is -0.143. The van der Waals surface area contributed by atoms with Gasteiger partial charge in [-0.25, -0.2) is 0 Å². The number of nitrogens with two attached hydrogens (primary N) is 1. The van der Waals surface area contributed by atoms with E-state index >= 15 is 0 Å². The molecule has 76 valence electrons.